The second-order valence-corrected chi connectivity index (χ2v) is 6.85. The van der Waals surface area contributed by atoms with E-state index >= 15 is 0 Å². The van der Waals surface area contributed by atoms with Crippen LogP contribution >= 0.6 is 0 Å². The minimum absolute atomic E-state index is 0.149. The number of hydrogen-bond donors (Lipinski definition) is 1. The summed E-state index contributed by atoms with van der Waals surface area (Å²) in [5, 5.41) is 2.93. The van der Waals surface area contributed by atoms with Gasteiger partial charge in [-0.1, -0.05) is 19.8 Å². The Morgan fingerprint density at radius 3 is 2.64 bits per heavy atom. The molecule has 3 rings (SSSR count). The Morgan fingerprint density at radius 2 is 1.93 bits per heavy atom. The van der Waals surface area contributed by atoms with Gasteiger partial charge in [-0.2, -0.15) is 0 Å². The van der Waals surface area contributed by atoms with Gasteiger partial charge in [-0.25, -0.2) is 9.97 Å². The first kappa shape index (κ1) is 19.9. The third-order valence-corrected chi connectivity index (χ3v) is 4.94. The Labute approximate surface area is 166 Å². The van der Waals surface area contributed by atoms with Gasteiger partial charge in [-0.15, -0.1) is 0 Å². The number of carbonyl (C=O) groups excluding carboxylic acids is 1. The minimum Gasteiger partial charge on any atom is -0.493 e. The Morgan fingerprint density at radius 1 is 1.18 bits per heavy atom. The number of carbonyl (C=O) groups is 1. The van der Waals surface area contributed by atoms with Crippen LogP contribution in [0.3, 0.4) is 0 Å². The molecule has 1 aromatic heterocycles. The number of aromatic nitrogens is 2. The van der Waals surface area contributed by atoms with Gasteiger partial charge in [-0.05, 0) is 42.2 Å². The second-order valence-electron chi connectivity index (χ2n) is 6.85. The third-order valence-electron chi connectivity index (χ3n) is 4.94. The first-order valence-corrected chi connectivity index (χ1v) is 9.76. The van der Waals surface area contributed by atoms with Crippen molar-refractivity contribution in [2.75, 3.05) is 32.2 Å². The second kappa shape index (κ2) is 9.39. The lowest BCUT2D eigenvalue weighted by atomic mass is 9.99. The number of benzene rings is 1. The van der Waals surface area contributed by atoms with Crippen LogP contribution in [-0.4, -0.2) is 43.2 Å². The van der Waals surface area contributed by atoms with Gasteiger partial charge in [-0.3, -0.25) is 4.79 Å². The fraction of sp³-hybridized carbons (Fsp3) is 0.476. The van der Waals surface area contributed by atoms with Crippen molar-refractivity contribution < 1.29 is 14.3 Å². The highest BCUT2D eigenvalue weighted by Crippen LogP contribution is 2.33. The molecule has 1 N–H and O–H groups in total. The van der Waals surface area contributed by atoms with Gasteiger partial charge in [0.2, 0.25) is 5.95 Å². The van der Waals surface area contributed by atoms with E-state index in [9.17, 15) is 4.79 Å². The maximum absolute atomic E-state index is 12.3. The SMILES string of the molecule is CCCCCNC(=O)c1ccnc(N2CCc3cc(OC)c(OC)cc3C2)n1. The Balaban J connectivity index is 1.72. The molecule has 1 amide bonds. The van der Waals surface area contributed by atoms with E-state index in [2.05, 4.69) is 27.1 Å². The molecule has 0 saturated carbocycles. The topological polar surface area (TPSA) is 76.6 Å². The molecular weight excluding hydrogens is 356 g/mol. The number of rotatable bonds is 8. The smallest absolute Gasteiger partial charge is 0.270 e. The van der Waals surface area contributed by atoms with Crippen LogP contribution in [0.5, 0.6) is 11.5 Å². The first-order chi connectivity index (χ1) is 13.7. The molecule has 7 nitrogen and oxygen atoms in total. The molecule has 1 aromatic carbocycles. The van der Waals surface area contributed by atoms with Crippen LogP contribution in [-0.2, 0) is 13.0 Å². The lowest BCUT2D eigenvalue weighted by Gasteiger charge is -2.29. The van der Waals surface area contributed by atoms with E-state index in [0.29, 0.717) is 30.5 Å². The predicted molar refractivity (Wildman–Crippen MR) is 108 cm³/mol. The minimum atomic E-state index is -0.149. The zero-order chi connectivity index (χ0) is 19.9. The molecular formula is C21H28N4O3. The maximum atomic E-state index is 12.3. The standard InChI is InChI=1S/C21H28N4O3/c1-4-5-6-9-22-20(26)17-7-10-23-21(24-17)25-11-8-15-12-18(27-2)19(28-3)13-16(15)14-25/h7,10,12-13H,4-6,8-9,11,14H2,1-3H3,(H,22,26). The normalized spacial score (nSPS) is 13.0. The number of hydrogen-bond acceptors (Lipinski definition) is 6. The fourth-order valence-electron chi connectivity index (χ4n) is 3.35. The van der Waals surface area contributed by atoms with Gasteiger partial charge >= 0.3 is 0 Å². The number of nitrogens with one attached hydrogen (secondary N) is 1. The zero-order valence-electron chi connectivity index (χ0n) is 16.8. The Hall–Kier alpha value is -2.83. The van der Waals surface area contributed by atoms with Crippen LogP contribution in [0, 0.1) is 0 Å². The summed E-state index contributed by atoms with van der Waals surface area (Å²) in [6.07, 6.45) is 5.71. The van der Waals surface area contributed by atoms with Crippen molar-refractivity contribution in [2.24, 2.45) is 0 Å². The summed E-state index contributed by atoms with van der Waals surface area (Å²) < 4.78 is 10.8. The molecule has 0 spiro atoms. The van der Waals surface area contributed by atoms with Crippen molar-refractivity contribution in [1.29, 1.82) is 0 Å². The lowest BCUT2D eigenvalue weighted by molar-refractivity contribution is 0.0948. The van der Waals surface area contributed by atoms with E-state index in [1.165, 1.54) is 5.56 Å². The van der Waals surface area contributed by atoms with Crippen molar-refractivity contribution >= 4 is 11.9 Å². The molecule has 7 heteroatoms. The average Bonchev–Trinajstić information content (AvgIpc) is 2.75. The van der Waals surface area contributed by atoms with Crippen LogP contribution in [0.15, 0.2) is 24.4 Å². The zero-order valence-corrected chi connectivity index (χ0v) is 16.8. The number of methoxy groups -OCH3 is 2. The van der Waals surface area contributed by atoms with Crippen molar-refractivity contribution in [1.82, 2.24) is 15.3 Å². The van der Waals surface area contributed by atoms with Gasteiger partial charge in [0, 0.05) is 25.8 Å². The lowest BCUT2D eigenvalue weighted by Crippen LogP contribution is -2.33. The van der Waals surface area contributed by atoms with Crippen LogP contribution in [0.2, 0.25) is 0 Å². The fourth-order valence-corrected chi connectivity index (χ4v) is 3.35. The summed E-state index contributed by atoms with van der Waals surface area (Å²) in [5.74, 6) is 1.88. The molecule has 0 aliphatic carbocycles. The monoisotopic (exact) mass is 384 g/mol. The molecule has 0 fully saturated rings. The van der Waals surface area contributed by atoms with E-state index in [-0.39, 0.29) is 5.91 Å². The molecule has 0 saturated heterocycles. The molecule has 28 heavy (non-hydrogen) atoms. The quantitative estimate of drug-likeness (QED) is 0.705. The van der Waals surface area contributed by atoms with Crippen LogP contribution in [0.1, 0.15) is 47.8 Å². The molecule has 1 aliphatic rings. The Bertz CT molecular complexity index is 825. The highest BCUT2D eigenvalue weighted by Gasteiger charge is 2.22. The summed E-state index contributed by atoms with van der Waals surface area (Å²) >= 11 is 0. The molecule has 0 radical (unpaired) electrons. The molecule has 2 heterocycles. The molecule has 1 aliphatic heterocycles. The number of nitrogens with zero attached hydrogens (tertiary/aromatic N) is 3. The molecule has 150 valence electrons. The summed E-state index contributed by atoms with van der Waals surface area (Å²) in [5.41, 5.74) is 2.79. The van der Waals surface area contributed by atoms with Gasteiger partial charge in [0.15, 0.2) is 11.5 Å². The van der Waals surface area contributed by atoms with Crippen LogP contribution in [0.4, 0.5) is 5.95 Å². The van der Waals surface area contributed by atoms with Gasteiger partial charge < -0.3 is 19.7 Å². The molecule has 2 aromatic rings. The van der Waals surface area contributed by atoms with Crippen LogP contribution in [0.25, 0.3) is 0 Å². The van der Waals surface area contributed by atoms with E-state index in [1.54, 1.807) is 26.5 Å². The summed E-state index contributed by atoms with van der Waals surface area (Å²) in [6, 6.07) is 5.70. The molecule has 0 atom stereocenters. The first-order valence-electron chi connectivity index (χ1n) is 9.76. The van der Waals surface area contributed by atoms with Crippen molar-refractivity contribution in [2.45, 2.75) is 39.2 Å². The average molecular weight is 384 g/mol. The van der Waals surface area contributed by atoms with E-state index in [1.807, 2.05) is 12.1 Å². The van der Waals surface area contributed by atoms with E-state index in [4.69, 9.17) is 9.47 Å². The van der Waals surface area contributed by atoms with E-state index in [0.717, 1.165) is 43.5 Å². The van der Waals surface area contributed by atoms with Crippen molar-refractivity contribution in [3.05, 3.63) is 41.2 Å². The predicted octanol–water partition coefficient (Wildman–Crippen LogP) is 2.98. The molecule has 0 unspecified atom stereocenters. The maximum Gasteiger partial charge on any atom is 0.270 e. The van der Waals surface area contributed by atoms with Crippen molar-refractivity contribution in [3.63, 3.8) is 0 Å². The van der Waals surface area contributed by atoms with Crippen molar-refractivity contribution in [3.8, 4) is 11.5 Å². The largest absolute Gasteiger partial charge is 0.493 e. The summed E-state index contributed by atoms with van der Waals surface area (Å²) in [6.45, 7) is 4.26. The van der Waals surface area contributed by atoms with Crippen LogP contribution < -0.4 is 19.7 Å². The number of amides is 1. The summed E-state index contributed by atoms with van der Waals surface area (Å²) in [4.78, 5) is 23.3. The van der Waals surface area contributed by atoms with Gasteiger partial charge in [0.25, 0.3) is 5.91 Å². The molecule has 0 bridgehead atoms. The third kappa shape index (κ3) is 4.52. The number of ether oxygens (including phenoxy) is 2. The van der Waals surface area contributed by atoms with Gasteiger partial charge in [0.1, 0.15) is 5.69 Å². The summed E-state index contributed by atoms with van der Waals surface area (Å²) in [7, 11) is 3.28. The highest BCUT2D eigenvalue weighted by atomic mass is 16.5. The highest BCUT2D eigenvalue weighted by molar-refractivity contribution is 5.92. The van der Waals surface area contributed by atoms with Gasteiger partial charge in [0.05, 0.1) is 14.2 Å². The van der Waals surface area contributed by atoms with E-state index < -0.39 is 0 Å². The number of fused-ring (bicyclic) bond motifs is 1. The number of anilines is 1. The Kier molecular flexibility index (Phi) is 6.68. The number of unbranched alkanes of at least 4 members (excludes halogenated alkanes) is 2.